The van der Waals surface area contributed by atoms with Crippen molar-refractivity contribution in [1.29, 1.82) is 0 Å². The lowest BCUT2D eigenvalue weighted by atomic mass is 10.2. The minimum Gasteiger partial charge on any atom is -0.464 e. The van der Waals surface area contributed by atoms with Gasteiger partial charge < -0.3 is 19.2 Å². The Kier molecular flexibility index (Phi) is 3.88. The summed E-state index contributed by atoms with van der Waals surface area (Å²) in [5, 5.41) is 7.62. The van der Waals surface area contributed by atoms with E-state index in [-0.39, 0.29) is 24.0 Å². The smallest absolute Gasteiger partial charge is 0.355 e. The molecule has 0 amide bonds. The molecule has 0 aromatic carbocycles. The second kappa shape index (κ2) is 5.98. The Morgan fingerprint density at radius 1 is 1.32 bits per heavy atom. The molecule has 3 rings (SSSR count). The van der Waals surface area contributed by atoms with E-state index in [1.165, 1.54) is 19.2 Å². The van der Waals surface area contributed by atoms with Gasteiger partial charge in [0.15, 0.2) is 6.10 Å². The van der Waals surface area contributed by atoms with Crippen molar-refractivity contribution in [2.45, 2.75) is 12.1 Å². The van der Waals surface area contributed by atoms with Crippen LogP contribution >= 0.6 is 0 Å². The molecule has 2 aromatic rings. The van der Waals surface area contributed by atoms with Crippen LogP contribution in [-0.2, 0) is 14.2 Å². The van der Waals surface area contributed by atoms with Crippen molar-refractivity contribution in [3.8, 4) is 0 Å². The van der Waals surface area contributed by atoms with Gasteiger partial charge in [0.2, 0.25) is 0 Å². The summed E-state index contributed by atoms with van der Waals surface area (Å²) >= 11 is 0. The molecule has 1 fully saturated rings. The van der Waals surface area contributed by atoms with Crippen LogP contribution in [0.15, 0.2) is 24.5 Å². The second-order valence-corrected chi connectivity index (χ2v) is 4.71. The van der Waals surface area contributed by atoms with Crippen LogP contribution in [0.3, 0.4) is 0 Å². The molecule has 116 valence electrons. The van der Waals surface area contributed by atoms with Crippen molar-refractivity contribution in [1.82, 2.24) is 20.0 Å². The fourth-order valence-corrected chi connectivity index (χ4v) is 2.22. The minimum absolute atomic E-state index is 0.171. The molecule has 1 N–H and O–H groups in total. The van der Waals surface area contributed by atoms with E-state index in [9.17, 15) is 9.59 Å². The number of nitrogens with zero attached hydrogens (tertiary/aromatic N) is 3. The number of aromatic nitrogens is 4. The first kappa shape index (κ1) is 14.3. The zero-order chi connectivity index (χ0) is 15.5. The van der Waals surface area contributed by atoms with Crippen LogP contribution in [0.4, 0.5) is 0 Å². The van der Waals surface area contributed by atoms with E-state index >= 15 is 0 Å². The van der Waals surface area contributed by atoms with Gasteiger partial charge in [0.1, 0.15) is 17.4 Å². The number of carbonyl (C=O) groups excluding carboxylic acids is 2. The van der Waals surface area contributed by atoms with E-state index in [0.29, 0.717) is 6.61 Å². The third kappa shape index (κ3) is 2.70. The van der Waals surface area contributed by atoms with E-state index in [0.717, 1.165) is 0 Å². The first-order valence-electron chi connectivity index (χ1n) is 6.61. The highest BCUT2D eigenvalue weighted by atomic mass is 16.6. The highest BCUT2D eigenvalue weighted by Gasteiger charge is 2.34. The van der Waals surface area contributed by atoms with Crippen LogP contribution in [0.25, 0.3) is 0 Å². The molecule has 0 radical (unpaired) electrons. The lowest BCUT2D eigenvalue weighted by Gasteiger charge is -2.17. The Morgan fingerprint density at radius 3 is 2.77 bits per heavy atom. The Hall–Kier alpha value is -2.68. The minimum atomic E-state index is -0.573. The molecule has 1 saturated heterocycles. The summed E-state index contributed by atoms with van der Waals surface area (Å²) in [7, 11) is 1.26. The van der Waals surface area contributed by atoms with Crippen LogP contribution in [0.5, 0.6) is 0 Å². The van der Waals surface area contributed by atoms with E-state index < -0.39 is 18.0 Å². The summed E-state index contributed by atoms with van der Waals surface area (Å²) in [6.07, 6.45) is 2.76. The van der Waals surface area contributed by atoms with Crippen molar-refractivity contribution in [3.05, 3.63) is 35.9 Å². The van der Waals surface area contributed by atoms with Gasteiger partial charge in [-0.2, -0.15) is 0 Å². The average Bonchev–Trinajstić information content (AvgIpc) is 3.25. The predicted octanol–water partition coefficient (Wildman–Crippen LogP) is 0.190. The van der Waals surface area contributed by atoms with Crippen molar-refractivity contribution in [2.75, 3.05) is 20.3 Å². The fourth-order valence-electron chi connectivity index (χ4n) is 2.22. The maximum Gasteiger partial charge on any atom is 0.355 e. The number of H-pyrrole nitrogens is 1. The first-order chi connectivity index (χ1) is 10.7. The largest absolute Gasteiger partial charge is 0.464 e. The third-order valence-corrected chi connectivity index (χ3v) is 3.35. The highest BCUT2D eigenvalue weighted by Crippen LogP contribution is 2.22. The molecule has 9 nitrogen and oxygen atoms in total. The van der Waals surface area contributed by atoms with Crippen molar-refractivity contribution in [2.24, 2.45) is 0 Å². The number of hydrogen-bond donors (Lipinski definition) is 1. The van der Waals surface area contributed by atoms with E-state index in [4.69, 9.17) is 9.47 Å². The Labute approximate surface area is 125 Å². The number of carbonyl (C=O) groups is 2. The number of methoxy groups -OCH3 is 1. The molecule has 0 spiro atoms. The van der Waals surface area contributed by atoms with Gasteiger partial charge >= 0.3 is 11.9 Å². The molecular formula is C13H14N4O5. The van der Waals surface area contributed by atoms with E-state index in [2.05, 4.69) is 20.0 Å². The summed E-state index contributed by atoms with van der Waals surface area (Å²) in [5.41, 5.74) is 0.356. The standard InChI is InChI=1S/C13H14N4O5/c1-20-12(18)8-2-3-9(15-8)13(19)22-11-7-21-6-10(11)17-5-4-14-16-17/h2-5,10-11,15H,6-7H2,1H3/t10-,11-/m1/s1. The van der Waals surface area contributed by atoms with Gasteiger partial charge in [-0.15, -0.1) is 5.10 Å². The van der Waals surface area contributed by atoms with Gasteiger partial charge in [-0.25, -0.2) is 14.3 Å². The monoisotopic (exact) mass is 306 g/mol. The van der Waals surface area contributed by atoms with Crippen LogP contribution in [-0.4, -0.2) is 58.3 Å². The summed E-state index contributed by atoms with van der Waals surface area (Å²) in [6, 6.07) is 2.71. The SMILES string of the molecule is COC(=O)c1ccc(C(=O)O[C@@H]2COC[C@H]2n2ccnn2)[nH]1. The summed E-state index contributed by atoms with van der Waals surface area (Å²) in [4.78, 5) is 26.2. The molecule has 2 atom stereocenters. The van der Waals surface area contributed by atoms with Crippen LogP contribution in [0.2, 0.25) is 0 Å². The first-order valence-corrected chi connectivity index (χ1v) is 6.61. The van der Waals surface area contributed by atoms with Gasteiger partial charge in [-0.3, -0.25) is 0 Å². The molecule has 0 saturated carbocycles. The van der Waals surface area contributed by atoms with Gasteiger partial charge in [0, 0.05) is 6.20 Å². The second-order valence-electron chi connectivity index (χ2n) is 4.71. The maximum atomic E-state index is 12.1. The van der Waals surface area contributed by atoms with Crippen molar-refractivity contribution < 1.29 is 23.8 Å². The van der Waals surface area contributed by atoms with E-state index in [1.54, 1.807) is 17.1 Å². The molecule has 22 heavy (non-hydrogen) atoms. The number of aromatic amines is 1. The van der Waals surface area contributed by atoms with Crippen molar-refractivity contribution in [3.63, 3.8) is 0 Å². The normalized spacial score (nSPS) is 20.8. The number of hydrogen-bond acceptors (Lipinski definition) is 7. The summed E-state index contributed by atoms with van der Waals surface area (Å²) < 4.78 is 16.9. The van der Waals surface area contributed by atoms with E-state index in [1.807, 2.05) is 0 Å². The topological polar surface area (TPSA) is 108 Å². The summed E-state index contributed by atoms with van der Waals surface area (Å²) in [6.45, 7) is 0.667. The molecule has 1 aliphatic rings. The predicted molar refractivity (Wildman–Crippen MR) is 71.2 cm³/mol. The number of rotatable bonds is 4. The zero-order valence-electron chi connectivity index (χ0n) is 11.8. The van der Waals surface area contributed by atoms with Crippen LogP contribution in [0.1, 0.15) is 27.0 Å². The van der Waals surface area contributed by atoms with Gasteiger partial charge in [0.25, 0.3) is 0 Å². The number of nitrogens with one attached hydrogen (secondary N) is 1. The van der Waals surface area contributed by atoms with Gasteiger partial charge in [0.05, 0.1) is 26.5 Å². The average molecular weight is 306 g/mol. The quantitative estimate of drug-likeness (QED) is 0.803. The van der Waals surface area contributed by atoms with Crippen LogP contribution < -0.4 is 0 Å². The molecular weight excluding hydrogens is 292 g/mol. The van der Waals surface area contributed by atoms with Gasteiger partial charge in [-0.05, 0) is 12.1 Å². The molecule has 3 heterocycles. The lowest BCUT2D eigenvalue weighted by Crippen LogP contribution is -2.28. The Bertz CT molecular complexity index is 666. The summed E-state index contributed by atoms with van der Waals surface area (Å²) in [5.74, 6) is -1.13. The lowest BCUT2D eigenvalue weighted by molar-refractivity contribution is 0.0194. The number of ether oxygens (including phenoxy) is 3. The molecule has 0 unspecified atom stereocenters. The molecule has 0 bridgehead atoms. The Balaban J connectivity index is 1.68. The molecule has 1 aliphatic heterocycles. The van der Waals surface area contributed by atoms with Crippen LogP contribution in [0, 0.1) is 0 Å². The molecule has 0 aliphatic carbocycles. The maximum absolute atomic E-state index is 12.1. The molecule has 2 aromatic heterocycles. The molecule has 9 heteroatoms. The fraction of sp³-hybridized carbons (Fsp3) is 0.385. The zero-order valence-corrected chi connectivity index (χ0v) is 11.8. The highest BCUT2D eigenvalue weighted by molar-refractivity contribution is 5.92. The Morgan fingerprint density at radius 2 is 2.09 bits per heavy atom. The van der Waals surface area contributed by atoms with Crippen molar-refractivity contribution >= 4 is 11.9 Å². The third-order valence-electron chi connectivity index (χ3n) is 3.35. The number of esters is 2. The van der Waals surface area contributed by atoms with Gasteiger partial charge in [-0.1, -0.05) is 5.21 Å².